The smallest absolute Gasteiger partial charge is 0.271 e. The van der Waals surface area contributed by atoms with Gasteiger partial charge in [-0.2, -0.15) is 0 Å². The molecule has 1 fully saturated rings. The summed E-state index contributed by atoms with van der Waals surface area (Å²) in [6.07, 6.45) is 4.39. The highest BCUT2D eigenvalue weighted by molar-refractivity contribution is 5.53. The summed E-state index contributed by atoms with van der Waals surface area (Å²) in [5.41, 5.74) is 0.294. The minimum atomic E-state index is -0.493. The quantitative estimate of drug-likeness (QED) is 0.646. The molecule has 0 aliphatic heterocycles. The fourth-order valence-corrected chi connectivity index (χ4v) is 3.28. The van der Waals surface area contributed by atoms with E-state index in [0.717, 1.165) is 25.3 Å². The second-order valence-electron chi connectivity index (χ2n) is 6.93. The van der Waals surface area contributed by atoms with Gasteiger partial charge in [0.1, 0.15) is 5.82 Å². The Labute approximate surface area is 124 Å². The monoisotopic (exact) mass is 294 g/mol. The number of nitro groups is 1. The summed E-state index contributed by atoms with van der Waals surface area (Å²) in [6, 6.07) is 3.82. The van der Waals surface area contributed by atoms with Crippen molar-refractivity contribution in [1.29, 1.82) is 0 Å². The number of hydrogen-bond acceptors (Lipinski definition) is 3. The largest absolute Gasteiger partial charge is 0.379 e. The minimum Gasteiger partial charge on any atom is -0.379 e. The van der Waals surface area contributed by atoms with E-state index in [1.54, 1.807) is 0 Å². The number of hydrogen-bond donors (Lipinski definition) is 1. The van der Waals surface area contributed by atoms with Crippen molar-refractivity contribution in [2.45, 2.75) is 52.5 Å². The van der Waals surface area contributed by atoms with E-state index in [4.69, 9.17) is 0 Å². The molecule has 1 N–H and O–H groups in total. The Morgan fingerprint density at radius 3 is 2.57 bits per heavy atom. The first kappa shape index (κ1) is 15.7. The van der Waals surface area contributed by atoms with Crippen LogP contribution in [0, 0.1) is 27.3 Å². The highest BCUT2D eigenvalue weighted by Gasteiger charge is 2.34. The van der Waals surface area contributed by atoms with Gasteiger partial charge in [0.05, 0.1) is 10.6 Å². The van der Waals surface area contributed by atoms with Crippen molar-refractivity contribution < 1.29 is 9.31 Å². The van der Waals surface area contributed by atoms with Gasteiger partial charge in [-0.15, -0.1) is 0 Å². The van der Waals surface area contributed by atoms with Crippen LogP contribution in [0.1, 0.15) is 46.5 Å². The van der Waals surface area contributed by atoms with Gasteiger partial charge in [-0.3, -0.25) is 10.1 Å². The van der Waals surface area contributed by atoms with Gasteiger partial charge in [-0.1, -0.05) is 33.6 Å². The van der Waals surface area contributed by atoms with Crippen LogP contribution in [0.15, 0.2) is 18.2 Å². The SMILES string of the molecule is CC(C)(C)C1CCCCC1Nc1cc([N+](=O)[O-])ccc1F. The van der Waals surface area contributed by atoms with Crippen LogP contribution in [0.25, 0.3) is 0 Å². The number of benzene rings is 1. The van der Waals surface area contributed by atoms with Crippen molar-refractivity contribution in [1.82, 2.24) is 0 Å². The Bertz CT molecular complexity index is 525. The Morgan fingerprint density at radius 2 is 1.95 bits per heavy atom. The lowest BCUT2D eigenvalue weighted by molar-refractivity contribution is -0.384. The predicted octanol–water partition coefficient (Wildman–Crippen LogP) is 4.75. The fraction of sp³-hybridized carbons (Fsp3) is 0.625. The molecule has 1 aliphatic rings. The molecule has 5 heteroatoms. The summed E-state index contributed by atoms with van der Waals surface area (Å²) in [5, 5.41) is 14.1. The minimum absolute atomic E-state index is 0.0815. The summed E-state index contributed by atoms with van der Waals surface area (Å²) < 4.78 is 13.9. The number of anilines is 1. The third kappa shape index (κ3) is 3.71. The molecule has 2 atom stereocenters. The second kappa shape index (κ2) is 6.00. The predicted molar refractivity (Wildman–Crippen MR) is 81.9 cm³/mol. The van der Waals surface area contributed by atoms with Gasteiger partial charge in [0.25, 0.3) is 5.69 Å². The normalized spacial score (nSPS) is 22.9. The first-order valence-corrected chi connectivity index (χ1v) is 7.49. The van der Waals surface area contributed by atoms with E-state index in [9.17, 15) is 14.5 Å². The topological polar surface area (TPSA) is 55.2 Å². The second-order valence-corrected chi connectivity index (χ2v) is 6.93. The molecule has 116 valence electrons. The summed E-state index contributed by atoms with van der Waals surface area (Å²) in [4.78, 5) is 10.3. The number of non-ortho nitro benzene ring substituents is 1. The van der Waals surface area contributed by atoms with E-state index >= 15 is 0 Å². The van der Waals surface area contributed by atoms with Crippen LogP contribution in [-0.4, -0.2) is 11.0 Å². The van der Waals surface area contributed by atoms with E-state index in [1.165, 1.54) is 18.6 Å². The first-order valence-electron chi connectivity index (χ1n) is 7.49. The van der Waals surface area contributed by atoms with Crippen LogP contribution >= 0.6 is 0 Å². The van der Waals surface area contributed by atoms with Crippen LogP contribution < -0.4 is 5.32 Å². The molecular formula is C16H23FN2O2. The maximum Gasteiger partial charge on any atom is 0.271 e. The summed E-state index contributed by atoms with van der Waals surface area (Å²) in [7, 11) is 0. The zero-order valence-corrected chi connectivity index (χ0v) is 12.9. The molecule has 2 rings (SSSR count). The first-order chi connectivity index (χ1) is 9.79. The van der Waals surface area contributed by atoms with Gasteiger partial charge < -0.3 is 5.32 Å². The van der Waals surface area contributed by atoms with Gasteiger partial charge in [-0.25, -0.2) is 4.39 Å². The van der Waals surface area contributed by atoms with E-state index in [0.29, 0.717) is 5.92 Å². The maximum atomic E-state index is 13.9. The van der Waals surface area contributed by atoms with Crippen LogP contribution in [0.4, 0.5) is 15.8 Å². The van der Waals surface area contributed by atoms with Crippen LogP contribution in [-0.2, 0) is 0 Å². The highest BCUT2D eigenvalue weighted by atomic mass is 19.1. The molecule has 0 heterocycles. The molecular weight excluding hydrogens is 271 g/mol. The Hall–Kier alpha value is -1.65. The Kier molecular flexibility index (Phi) is 4.49. The van der Waals surface area contributed by atoms with Crippen molar-refractivity contribution in [3.8, 4) is 0 Å². The number of nitrogens with one attached hydrogen (secondary N) is 1. The van der Waals surface area contributed by atoms with E-state index in [1.807, 2.05) is 0 Å². The fourth-order valence-electron chi connectivity index (χ4n) is 3.28. The van der Waals surface area contributed by atoms with E-state index in [-0.39, 0.29) is 22.8 Å². The van der Waals surface area contributed by atoms with Crippen molar-refractivity contribution in [2.75, 3.05) is 5.32 Å². The molecule has 0 bridgehead atoms. The van der Waals surface area contributed by atoms with E-state index in [2.05, 4.69) is 26.1 Å². The molecule has 4 nitrogen and oxygen atoms in total. The molecule has 0 amide bonds. The average molecular weight is 294 g/mol. The number of halogens is 1. The van der Waals surface area contributed by atoms with Gasteiger partial charge in [0.15, 0.2) is 0 Å². The third-order valence-corrected chi connectivity index (χ3v) is 4.38. The highest BCUT2D eigenvalue weighted by Crippen LogP contribution is 2.39. The standard InChI is InChI=1S/C16H23FN2O2/c1-16(2,3)12-6-4-5-7-14(12)18-15-10-11(19(20)21)8-9-13(15)17/h8-10,12,14,18H,4-7H2,1-3H3. The lowest BCUT2D eigenvalue weighted by Crippen LogP contribution is -2.40. The van der Waals surface area contributed by atoms with Crippen LogP contribution in [0.3, 0.4) is 0 Å². The molecule has 21 heavy (non-hydrogen) atoms. The molecule has 0 aromatic heterocycles. The molecule has 1 saturated carbocycles. The maximum absolute atomic E-state index is 13.9. The average Bonchev–Trinajstić information content (AvgIpc) is 2.40. The zero-order chi connectivity index (χ0) is 15.6. The van der Waals surface area contributed by atoms with E-state index < -0.39 is 10.7 Å². The zero-order valence-electron chi connectivity index (χ0n) is 12.9. The number of nitrogens with zero attached hydrogens (tertiary/aromatic N) is 1. The molecule has 0 spiro atoms. The van der Waals surface area contributed by atoms with Crippen LogP contribution in [0.2, 0.25) is 0 Å². The van der Waals surface area contributed by atoms with Gasteiger partial charge >= 0.3 is 0 Å². The molecule has 0 saturated heterocycles. The summed E-state index contributed by atoms with van der Waals surface area (Å²) >= 11 is 0. The molecule has 1 aromatic rings. The molecule has 2 unspecified atom stereocenters. The lowest BCUT2D eigenvalue weighted by Gasteiger charge is -2.41. The number of nitro benzene ring substituents is 1. The molecule has 1 aliphatic carbocycles. The van der Waals surface area contributed by atoms with Crippen molar-refractivity contribution >= 4 is 11.4 Å². The summed E-state index contributed by atoms with van der Waals surface area (Å²) in [6.45, 7) is 6.59. The molecule has 0 radical (unpaired) electrons. The van der Waals surface area contributed by atoms with Gasteiger partial charge in [0.2, 0.25) is 0 Å². The molecule has 1 aromatic carbocycles. The Balaban J connectivity index is 2.23. The van der Waals surface area contributed by atoms with Gasteiger partial charge in [-0.05, 0) is 30.2 Å². The number of rotatable bonds is 3. The Morgan fingerprint density at radius 1 is 1.29 bits per heavy atom. The van der Waals surface area contributed by atoms with Gasteiger partial charge in [0, 0.05) is 18.2 Å². The lowest BCUT2D eigenvalue weighted by atomic mass is 9.69. The van der Waals surface area contributed by atoms with Crippen molar-refractivity contribution in [3.63, 3.8) is 0 Å². The summed E-state index contributed by atoms with van der Waals surface area (Å²) in [5.74, 6) is 0.00347. The third-order valence-electron chi connectivity index (χ3n) is 4.38. The van der Waals surface area contributed by atoms with Crippen LogP contribution in [0.5, 0.6) is 0 Å². The van der Waals surface area contributed by atoms with Crippen molar-refractivity contribution in [3.05, 3.63) is 34.1 Å². The van der Waals surface area contributed by atoms with Crippen molar-refractivity contribution in [2.24, 2.45) is 11.3 Å².